The Kier molecular flexibility index (Phi) is 6.35. The molecule has 0 aromatic heterocycles. The molecule has 0 fully saturated rings. The van der Waals surface area contributed by atoms with Crippen LogP contribution in [0.5, 0.6) is 5.75 Å². The number of hydrogen-bond donors (Lipinski definition) is 2. The molecule has 0 heterocycles. The Balaban J connectivity index is 1.84. The highest BCUT2D eigenvalue weighted by atomic mass is 19.3. The predicted molar refractivity (Wildman–Crippen MR) is 83.3 cm³/mol. The maximum absolute atomic E-state index is 13.2. The number of carbonyl (C=O) groups excluding carboxylic acids is 1. The van der Waals surface area contributed by atoms with Gasteiger partial charge in [0.1, 0.15) is 11.8 Å². The Labute approximate surface area is 141 Å². The molecule has 0 aliphatic heterocycles. The lowest BCUT2D eigenvalue weighted by Crippen LogP contribution is -2.86. The summed E-state index contributed by atoms with van der Waals surface area (Å²) in [6.45, 7) is -1.10. The highest BCUT2D eigenvalue weighted by molar-refractivity contribution is 5.91. The molecule has 4 nitrogen and oxygen atoms in total. The van der Waals surface area contributed by atoms with Gasteiger partial charge in [-0.15, -0.1) is 0 Å². The molecular formula is C17H17F4N2O2+. The summed E-state index contributed by atoms with van der Waals surface area (Å²) in [7, 11) is 0. The van der Waals surface area contributed by atoms with E-state index in [1.54, 1.807) is 12.2 Å². The molecule has 0 spiro atoms. The van der Waals surface area contributed by atoms with Crippen molar-refractivity contribution in [3.8, 4) is 5.75 Å². The minimum Gasteiger partial charge on any atom is -0.435 e. The molecule has 0 saturated carbocycles. The van der Waals surface area contributed by atoms with Crippen molar-refractivity contribution in [3.05, 3.63) is 59.7 Å². The van der Waals surface area contributed by atoms with Gasteiger partial charge in [-0.1, -0.05) is 0 Å². The molecule has 0 bridgehead atoms. The van der Waals surface area contributed by atoms with Crippen LogP contribution >= 0.6 is 0 Å². The van der Waals surface area contributed by atoms with E-state index < -0.39 is 18.2 Å². The molecule has 1 atom stereocenters. The third kappa shape index (κ3) is 5.75. The molecule has 2 aromatic rings. The number of ether oxygens (including phenoxy) is 1. The standard InChI is InChI=1S/C17H16F4N2O2/c1-10(11-2-7-14(18)15(19)8-11)22-9-16(24)23-12-3-5-13(6-4-12)25-17(20)21/h2-8,10,17,22H,9H2,1H3,(H,23,24)/p+1/t10-/m1/s1. The minimum atomic E-state index is -2.91. The van der Waals surface area contributed by atoms with Crippen LogP contribution in [0.4, 0.5) is 23.2 Å². The number of halogens is 4. The van der Waals surface area contributed by atoms with Crippen molar-refractivity contribution in [1.29, 1.82) is 0 Å². The summed E-state index contributed by atoms with van der Waals surface area (Å²) < 4.78 is 54.4. The van der Waals surface area contributed by atoms with Crippen molar-refractivity contribution < 1.29 is 32.4 Å². The summed E-state index contributed by atoms with van der Waals surface area (Å²) in [5.41, 5.74) is 0.987. The molecular weight excluding hydrogens is 340 g/mol. The Morgan fingerprint density at radius 3 is 2.40 bits per heavy atom. The van der Waals surface area contributed by atoms with Gasteiger partial charge in [0.15, 0.2) is 18.2 Å². The van der Waals surface area contributed by atoms with E-state index in [1.807, 2.05) is 0 Å². The van der Waals surface area contributed by atoms with Gasteiger partial charge in [0.05, 0.1) is 0 Å². The number of alkyl halides is 2. The van der Waals surface area contributed by atoms with Crippen LogP contribution in [-0.2, 0) is 4.79 Å². The molecule has 2 aromatic carbocycles. The van der Waals surface area contributed by atoms with Crippen LogP contribution < -0.4 is 15.4 Å². The normalized spacial score (nSPS) is 12.1. The third-order valence-electron chi connectivity index (χ3n) is 3.49. The number of quaternary nitrogens is 1. The van der Waals surface area contributed by atoms with Gasteiger partial charge in [0.25, 0.3) is 5.91 Å². The van der Waals surface area contributed by atoms with Crippen LogP contribution in [0.2, 0.25) is 0 Å². The summed E-state index contributed by atoms with van der Waals surface area (Å²) in [6.07, 6.45) is 0. The smallest absolute Gasteiger partial charge is 0.387 e. The molecule has 0 unspecified atom stereocenters. The number of anilines is 1. The fourth-order valence-corrected chi connectivity index (χ4v) is 2.15. The monoisotopic (exact) mass is 357 g/mol. The lowest BCUT2D eigenvalue weighted by Gasteiger charge is -2.12. The molecule has 2 rings (SSSR count). The zero-order valence-corrected chi connectivity index (χ0v) is 13.3. The van der Waals surface area contributed by atoms with Crippen molar-refractivity contribution in [2.24, 2.45) is 0 Å². The Bertz CT molecular complexity index is 723. The van der Waals surface area contributed by atoms with Gasteiger partial charge in [0.2, 0.25) is 0 Å². The summed E-state index contributed by atoms with van der Waals surface area (Å²) in [4.78, 5) is 11.9. The second-order valence-corrected chi connectivity index (χ2v) is 5.35. The van der Waals surface area contributed by atoms with Gasteiger partial charge in [-0.05, 0) is 49.4 Å². The van der Waals surface area contributed by atoms with Gasteiger partial charge >= 0.3 is 6.61 Å². The van der Waals surface area contributed by atoms with Crippen LogP contribution in [0.25, 0.3) is 0 Å². The largest absolute Gasteiger partial charge is 0.435 e. The number of nitrogens with one attached hydrogen (secondary N) is 1. The first-order valence-corrected chi connectivity index (χ1v) is 7.48. The van der Waals surface area contributed by atoms with Crippen molar-refractivity contribution in [3.63, 3.8) is 0 Å². The fraction of sp³-hybridized carbons (Fsp3) is 0.235. The van der Waals surface area contributed by atoms with Gasteiger partial charge in [-0.2, -0.15) is 8.78 Å². The van der Waals surface area contributed by atoms with Crippen molar-refractivity contribution in [2.75, 3.05) is 11.9 Å². The van der Waals surface area contributed by atoms with E-state index >= 15 is 0 Å². The molecule has 1 amide bonds. The molecule has 0 radical (unpaired) electrons. The first-order valence-electron chi connectivity index (χ1n) is 7.48. The quantitative estimate of drug-likeness (QED) is 0.749. The summed E-state index contributed by atoms with van der Waals surface area (Å²) >= 11 is 0. The molecule has 0 saturated heterocycles. The lowest BCUT2D eigenvalue weighted by atomic mass is 10.1. The highest BCUT2D eigenvalue weighted by Gasteiger charge is 2.14. The van der Waals surface area contributed by atoms with Crippen LogP contribution in [0.3, 0.4) is 0 Å². The van der Waals surface area contributed by atoms with Crippen molar-refractivity contribution in [2.45, 2.75) is 19.6 Å². The second kappa shape index (κ2) is 8.48. The predicted octanol–water partition coefficient (Wildman–Crippen LogP) is 2.83. The molecule has 0 aliphatic rings. The molecule has 8 heteroatoms. The van der Waals surface area contributed by atoms with Crippen LogP contribution in [0.1, 0.15) is 18.5 Å². The van der Waals surface area contributed by atoms with Crippen molar-refractivity contribution >= 4 is 11.6 Å². The van der Waals surface area contributed by atoms with E-state index in [1.165, 1.54) is 30.3 Å². The zero-order chi connectivity index (χ0) is 18.4. The third-order valence-corrected chi connectivity index (χ3v) is 3.49. The summed E-state index contributed by atoms with van der Waals surface area (Å²) in [5.74, 6) is -2.19. The Hall–Kier alpha value is -2.61. The minimum absolute atomic E-state index is 0.00785. The van der Waals surface area contributed by atoms with E-state index in [2.05, 4.69) is 10.1 Å². The number of nitrogens with two attached hydrogens (primary N) is 1. The van der Waals surface area contributed by atoms with E-state index in [9.17, 15) is 22.4 Å². The second-order valence-electron chi connectivity index (χ2n) is 5.35. The highest BCUT2D eigenvalue weighted by Crippen LogP contribution is 2.17. The van der Waals surface area contributed by atoms with E-state index in [0.29, 0.717) is 11.3 Å². The summed E-state index contributed by atoms with van der Waals surface area (Å²) in [5, 5.41) is 4.27. The van der Waals surface area contributed by atoms with Crippen molar-refractivity contribution in [1.82, 2.24) is 0 Å². The molecule has 3 N–H and O–H groups in total. The SMILES string of the molecule is C[C@@H]([NH2+]CC(=O)Nc1ccc(OC(F)F)cc1)c1ccc(F)c(F)c1. The number of benzene rings is 2. The maximum atomic E-state index is 13.2. The van der Waals surface area contributed by atoms with Crippen LogP contribution in [0.15, 0.2) is 42.5 Å². The number of hydrogen-bond acceptors (Lipinski definition) is 2. The number of rotatable bonds is 7. The maximum Gasteiger partial charge on any atom is 0.387 e. The average Bonchev–Trinajstić information content (AvgIpc) is 2.56. The molecule has 25 heavy (non-hydrogen) atoms. The number of amides is 1. The first kappa shape index (κ1) is 18.7. The lowest BCUT2D eigenvalue weighted by molar-refractivity contribution is -0.682. The van der Waals surface area contributed by atoms with Gasteiger partial charge in [-0.3, -0.25) is 4.79 Å². The Morgan fingerprint density at radius 2 is 1.80 bits per heavy atom. The zero-order valence-electron chi connectivity index (χ0n) is 13.3. The fourth-order valence-electron chi connectivity index (χ4n) is 2.15. The number of carbonyl (C=O) groups is 1. The average molecular weight is 357 g/mol. The Morgan fingerprint density at radius 1 is 1.12 bits per heavy atom. The molecule has 0 aliphatic carbocycles. The van der Waals surface area contributed by atoms with E-state index in [0.717, 1.165) is 12.1 Å². The van der Waals surface area contributed by atoms with E-state index in [4.69, 9.17) is 0 Å². The van der Waals surface area contributed by atoms with Gasteiger partial charge < -0.3 is 15.4 Å². The van der Waals surface area contributed by atoms with Gasteiger partial charge in [-0.25, -0.2) is 8.78 Å². The van der Waals surface area contributed by atoms with Crippen LogP contribution in [-0.4, -0.2) is 19.1 Å². The van der Waals surface area contributed by atoms with Gasteiger partial charge in [0, 0.05) is 11.3 Å². The van der Waals surface area contributed by atoms with E-state index in [-0.39, 0.29) is 24.2 Å². The topological polar surface area (TPSA) is 54.9 Å². The first-order chi connectivity index (χ1) is 11.8. The molecule has 134 valence electrons. The van der Waals surface area contributed by atoms with Crippen LogP contribution in [0, 0.1) is 11.6 Å². The summed E-state index contributed by atoms with van der Waals surface area (Å²) in [6, 6.07) is 8.85.